The average molecular weight is 394 g/mol. The predicted octanol–water partition coefficient (Wildman–Crippen LogP) is 1.78. The summed E-state index contributed by atoms with van der Waals surface area (Å²) in [6, 6.07) is 11.2. The molecule has 150 valence electrons. The molecule has 0 unspecified atom stereocenters. The lowest BCUT2D eigenvalue weighted by Crippen LogP contribution is -2.57. The lowest BCUT2D eigenvalue weighted by atomic mass is 9.82. The van der Waals surface area contributed by atoms with E-state index < -0.39 is 10.0 Å². The molecule has 1 spiro atoms. The molecule has 3 aliphatic rings. The summed E-state index contributed by atoms with van der Waals surface area (Å²) in [6.45, 7) is 6.28. The molecular formula is C20H31N3O3S. The van der Waals surface area contributed by atoms with Gasteiger partial charge in [0.2, 0.25) is 10.0 Å². The smallest absolute Gasteiger partial charge is 0.211 e. The van der Waals surface area contributed by atoms with Crippen molar-refractivity contribution in [3.8, 4) is 0 Å². The van der Waals surface area contributed by atoms with Crippen molar-refractivity contribution in [3.05, 3.63) is 30.3 Å². The quantitative estimate of drug-likeness (QED) is 0.784. The Bertz CT molecular complexity index is 724. The number of rotatable bonds is 3. The standard InChI is InChI=1S/C20H31N3O3S/c1-27(24,25)23-10-8-20(9-11-23)17-19(7-16-26-20)22-14-12-21(13-15-22)18-5-3-2-4-6-18/h2-6,19H,7-17H2,1H3/t19-/m0/s1. The number of ether oxygens (including phenoxy) is 1. The van der Waals surface area contributed by atoms with Crippen LogP contribution in [0.1, 0.15) is 25.7 Å². The molecule has 3 heterocycles. The molecule has 3 saturated heterocycles. The van der Waals surface area contributed by atoms with E-state index in [1.807, 2.05) is 0 Å². The van der Waals surface area contributed by atoms with Gasteiger partial charge in [-0.1, -0.05) is 18.2 Å². The summed E-state index contributed by atoms with van der Waals surface area (Å²) < 4.78 is 31.4. The molecule has 4 rings (SSSR count). The number of piperazine rings is 1. The summed E-state index contributed by atoms with van der Waals surface area (Å²) in [4.78, 5) is 5.10. The fraction of sp³-hybridized carbons (Fsp3) is 0.700. The zero-order valence-electron chi connectivity index (χ0n) is 16.2. The lowest BCUT2D eigenvalue weighted by Gasteiger charge is -2.49. The van der Waals surface area contributed by atoms with Gasteiger partial charge in [0.05, 0.1) is 11.9 Å². The Kier molecular flexibility index (Phi) is 5.47. The van der Waals surface area contributed by atoms with Crippen LogP contribution in [0.4, 0.5) is 5.69 Å². The minimum atomic E-state index is -3.09. The number of hydrogen-bond acceptors (Lipinski definition) is 5. The Morgan fingerprint density at radius 3 is 2.30 bits per heavy atom. The maximum absolute atomic E-state index is 11.8. The summed E-state index contributed by atoms with van der Waals surface area (Å²) in [5, 5.41) is 0. The van der Waals surface area contributed by atoms with Gasteiger partial charge in [0, 0.05) is 57.6 Å². The van der Waals surface area contributed by atoms with Crippen LogP contribution in [0.2, 0.25) is 0 Å². The Morgan fingerprint density at radius 2 is 1.67 bits per heavy atom. The predicted molar refractivity (Wildman–Crippen MR) is 108 cm³/mol. The molecule has 6 nitrogen and oxygen atoms in total. The molecule has 3 fully saturated rings. The fourth-order valence-corrected chi connectivity index (χ4v) is 5.72. The molecule has 0 aliphatic carbocycles. The van der Waals surface area contributed by atoms with E-state index in [1.54, 1.807) is 4.31 Å². The number of sulfonamides is 1. The first-order valence-corrected chi connectivity index (χ1v) is 11.9. The third-order valence-electron chi connectivity index (χ3n) is 6.52. The van der Waals surface area contributed by atoms with Crippen LogP contribution in [0.3, 0.4) is 0 Å². The highest BCUT2D eigenvalue weighted by Gasteiger charge is 2.43. The van der Waals surface area contributed by atoms with Crippen molar-refractivity contribution in [1.29, 1.82) is 0 Å². The first-order chi connectivity index (χ1) is 13.0. The van der Waals surface area contributed by atoms with Gasteiger partial charge in [-0.25, -0.2) is 12.7 Å². The number of piperidine rings is 1. The van der Waals surface area contributed by atoms with Gasteiger partial charge in [0.1, 0.15) is 0 Å². The topological polar surface area (TPSA) is 53.1 Å². The summed E-state index contributed by atoms with van der Waals surface area (Å²) in [5.74, 6) is 0. The third kappa shape index (κ3) is 4.31. The molecule has 0 saturated carbocycles. The maximum Gasteiger partial charge on any atom is 0.211 e. The van der Waals surface area contributed by atoms with E-state index in [0.29, 0.717) is 19.1 Å². The first kappa shape index (κ1) is 19.2. The molecule has 0 radical (unpaired) electrons. The Balaban J connectivity index is 1.33. The van der Waals surface area contributed by atoms with E-state index in [0.717, 1.165) is 58.5 Å². The van der Waals surface area contributed by atoms with Crippen LogP contribution in [-0.2, 0) is 14.8 Å². The van der Waals surface area contributed by atoms with Crippen LogP contribution in [0.5, 0.6) is 0 Å². The van der Waals surface area contributed by atoms with Crippen molar-refractivity contribution in [1.82, 2.24) is 9.21 Å². The highest BCUT2D eigenvalue weighted by molar-refractivity contribution is 7.88. The summed E-state index contributed by atoms with van der Waals surface area (Å²) >= 11 is 0. The van der Waals surface area contributed by atoms with Crippen molar-refractivity contribution >= 4 is 15.7 Å². The Hall–Kier alpha value is -1.15. The van der Waals surface area contributed by atoms with E-state index in [4.69, 9.17) is 4.74 Å². The van der Waals surface area contributed by atoms with Crippen LogP contribution in [0, 0.1) is 0 Å². The van der Waals surface area contributed by atoms with Crippen LogP contribution >= 0.6 is 0 Å². The normalized spacial score (nSPS) is 27.7. The van der Waals surface area contributed by atoms with Gasteiger partial charge in [-0.05, 0) is 37.8 Å². The van der Waals surface area contributed by atoms with Crippen molar-refractivity contribution in [2.45, 2.75) is 37.3 Å². The van der Waals surface area contributed by atoms with Crippen LogP contribution in [0.25, 0.3) is 0 Å². The van der Waals surface area contributed by atoms with Crippen LogP contribution in [-0.4, -0.2) is 81.4 Å². The van der Waals surface area contributed by atoms with Gasteiger partial charge in [-0.3, -0.25) is 4.90 Å². The molecule has 3 aliphatic heterocycles. The monoisotopic (exact) mass is 393 g/mol. The zero-order valence-corrected chi connectivity index (χ0v) is 17.0. The SMILES string of the molecule is CS(=O)(=O)N1CCC2(CC1)C[C@@H](N1CCN(c3ccccc3)CC1)CCO2. The third-order valence-corrected chi connectivity index (χ3v) is 7.82. The van der Waals surface area contributed by atoms with Crippen LogP contribution < -0.4 is 4.90 Å². The number of para-hydroxylation sites is 1. The fourth-order valence-electron chi connectivity index (χ4n) is 4.87. The van der Waals surface area contributed by atoms with Crippen molar-refractivity contribution in [3.63, 3.8) is 0 Å². The highest BCUT2D eigenvalue weighted by Crippen LogP contribution is 2.37. The molecule has 0 N–H and O–H groups in total. The number of anilines is 1. The van der Waals surface area contributed by atoms with Gasteiger partial charge in [-0.15, -0.1) is 0 Å². The van der Waals surface area contributed by atoms with Crippen LogP contribution in [0.15, 0.2) is 30.3 Å². The van der Waals surface area contributed by atoms with E-state index in [1.165, 1.54) is 11.9 Å². The average Bonchev–Trinajstić information content (AvgIpc) is 2.68. The van der Waals surface area contributed by atoms with Gasteiger partial charge in [0.25, 0.3) is 0 Å². The Labute approximate surface area is 163 Å². The minimum absolute atomic E-state index is 0.124. The zero-order chi connectivity index (χ0) is 18.9. The second kappa shape index (κ2) is 7.70. The molecule has 0 aromatic heterocycles. The number of benzene rings is 1. The van der Waals surface area contributed by atoms with E-state index >= 15 is 0 Å². The van der Waals surface area contributed by atoms with Gasteiger partial charge < -0.3 is 9.64 Å². The summed E-state index contributed by atoms with van der Waals surface area (Å²) in [5.41, 5.74) is 1.19. The number of hydrogen-bond donors (Lipinski definition) is 0. The molecule has 1 atom stereocenters. The van der Waals surface area contributed by atoms with Gasteiger partial charge in [-0.2, -0.15) is 0 Å². The highest BCUT2D eigenvalue weighted by atomic mass is 32.2. The van der Waals surface area contributed by atoms with E-state index in [-0.39, 0.29) is 5.60 Å². The lowest BCUT2D eigenvalue weighted by molar-refractivity contribution is -0.127. The maximum atomic E-state index is 11.8. The molecule has 0 bridgehead atoms. The van der Waals surface area contributed by atoms with Gasteiger partial charge in [0.15, 0.2) is 0 Å². The van der Waals surface area contributed by atoms with E-state index in [2.05, 4.69) is 40.1 Å². The molecule has 7 heteroatoms. The van der Waals surface area contributed by atoms with Crippen molar-refractivity contribution in [2.75, 3.05) is 57.0 Å². The van der Waals surface area contributed by atoms with Crippen molar-refractivity contribution < 1.29 is 13.2 Å². The summed E-state index contributed by atoms with van der Waals surface area (Å²) in [7, 11) is -3.09. The van der Waals surface area contributed by atoms with Gasteiger partial charge >= 0.3 is 0 Å². The first-order valence-electron chi connectivity index (χ1n) is 10.1. The van der Waals surface area contributed by atoms with E-state index in [9.17, 15) is 8.42 Å². The largest absolute Gasteiger partial charge is 0.375 e. The second-order valence-electron chi connectivity index (χ2n) is 8.20. The minimum Gasteiger partial charge on any atom is -0.375 e. The van der Waals surface area contributed by atoms with Crippen molar-refractivity contribution in [2.24, 2.45) is 0 Å². The molecule has 1 aromatic carbocycles. The Morgan fingerprint density at radius 1 is 1.00 bits per heavy atom. The molecular weight excluding hydrogens is 362 g/mol. The molecule has 27 heavy (non-hydrogen) atoms. The number of nitrogens with zero attached hydrogens (tertiary/aromatic N) is 3. The second-order valence-corrected chi connectivity index (χ2v) is 10.2. The molecule has 1 aromatic rings. The summed E-state index contributed by atoms with van der Waals surface area (Å²) in [6.07, 6.45) is 5.07. The molecule has 0 amide bonds.